The summed E-state index contributed by atoms with van der Waals surface area (Å²) in [5, 5.41) is 14.6. The SMILES string of the molecule is N#Cc1nc(OC2CCN(C(=O)N3N=CCC3c3cc(F)cc(F)c3)C2)ccc1Cl. The van der Waals surface area contributed by atoms with E-state index in [1.54, 1.807) is 17.2 Å². The number of nitriles is 1. The molecule has 0 saturated carbocycles. The van der Waals surface area contributed by atoms with Gasteiger partial charge in [0.15, 0.2) is 5.69 Å². The zero-order valence-electron chi connectivity index (χ0n) is 15.6. The molecule has 2 atom stereocenters. The molecule has 0 bridgehead atoms. The van der Waals surface area contributed by atoms with Crippen LogP contribution in [0.3, 0.4) is 0 Å². The number of ether oxygens (including phenoxy) is 1. The number of likely N-dealkylation sites (tertiary alicyclic amines) is 1. The van der Waals surface area contributed by atoms with Gasteiger partial charge in [-0.1, -0.05) is 11.6 Å². The van der Waals surface area contributed by atoms with Crippen molar-refractivity contribution in [3.8, 4) is 11.9 Å². The monoisotopic (exact) mass is 431 g/mol. The lowest BCUT2D eigenvalue weighted by Crippen LogP contribution is -2.40. The standard InChI is InChI=1S/C20H16ClF2N5O2/c21-16-1-2-19(26-17(16)10-24)30-15-4-6-27(11-15)20(29)28-18(3-5-25-28)12-7-13(22)9-14(23)8-12/h1-2,5,7-9,15,18H,3-4,6,11H2. The Morgan fingerprint density at radius 3 is 2.77 bits per heavy atom. The topological polar surface area (TPSA) is 81.8 Å². The molecule has 0 aliphatic carbocycles. The summed E-state index contributed by atoms with van der Waals surface area (Å²) < 4.78 is 33.0. The summed E-state index contributed by atoms with van der Waals surface area (Å²) in [6.45, 7) is 0.722. The van der Waals surface area contributed by atoms with Gasteiger partial charge in [-0.05, 0) is 23.8 Å². The van der Waals surface area contributed by atoms with Crippen molar-refractivity contribution in [1.82, 2.24) is 14.9 Å². The Bertz CT molecular complexity index is 1040. The quantitative estimate of drug-likeness (QED) is 0.738. The van der Waals surface area contributed by atoms with Gasteiger partial charge in [0.1, 0.15) is 23.8 Å². The Morgan fingerprint density at radius 2 is 2.03 bits per heavy atom. The molecule has 4 rings (SSSR count). The molecular weight excluding hydrogens is 416 g/mol. The molecule has 2 aliphatic rings. The molecule has 2 unspecified atom stereocenters. The minimum atomic E-state index is -0.703. The number of carbonyl (C=O) groups is 1. The Morgan fingerprint density at radius 1 is 1.27 bits per heavy atom. The number of pyridine rings is 1. The van der Waals surface area contributed by atoms with Crippen molar-refractivity contribution in [1.29, 1.82) is 5.26 Å². The maximum atomic E-state index is 13.6. The van der Waals surface area contributed by atoms with Gasteiger partial charge in [-0.25, -0.2) is 23.6 Å². The molecule has 154 valence electrons. The Kier molecular flexibility index (Phi) is 5.50. The minimum Gasteiger partial charge on any atom is -0.472 e. The van der Waals surface area contributed by atoms with Crippen LogP contribution in [0.15, 0.2) is 35.4 Å². The smallest absolute Gasteiger partial charge is 0.341 e. The highest BCUT2D eigenvalue weighted by Crippen LogP contribution is 2.31. The van der Waals surface area contributed by atoms with Crippen molar-refractivity contribution >= 4 is 23.8 Å². The minimum absolute atomic E-state index is 0.0664. The van der Waals surface area contributed by atoms with Crippen LogP contribution in [-0.2, 0) is 0 Å². The van der Waals surface area contributed by atoms with E-state index in [4.69, 9.17) is 21.6 Å². The number of carbonyl (C=O) groups excluding carboxylic acids is 1. The van der Waals surface area contributed by atoms with Crippen LogP contribution in [0.4, 0.5) is 13.6 Å². The van der Waals surface area contributed by atoms with Gasteiger partial charge in [0, 0.05) is 37.7 Å². The van der Waals surface area contributed by atoms with Gasteiger partial charge in [-0.15, -0.1) is 0 Å². The largest absolute Gasteiger partial charge is 0.472 e. The fraction of sp³-hybridized carbons (Fsp3) is 0.300. The third kappa shape index (κ3) is 4.04. The van der Waals surface area contributed by atoms with Gasteiger partial charge in [-0.3, -0.25) is 0 Å². The first-order valence-electron chi connectivity index (χ1n) is 9.24. The molecule has 3 heterocycles. The number of rotatable bonds is 3. The van der Waals surface area contributed by atoms with E-state index in [0.29, 0.717) is 31.5 Å². The third-order valence-electron chi connectivity index (χ3n) is 4.92. The Hall–Kier alpha value is -3.25. The van der Waals surface area contributed by atoms with E-state index in [1.165, 1.54) is 23.2 Å². The molecule has 7 nitrogen and oxygen atoms in total. The van der Waals surface area contributed by atoms with Gasteiger partial charge in [-0.2, -0.15) is 10.4 Å². The fourth-order valence-electron chi connectivity index (χ4n) is 3.52. The van der Waals surface area contributed by atoms with Crippen molar-refractivity contribution in [3.05, 3.63) is 58.2 Å². The molecule has 30 heavy (non-hydrogen) atoms. The zero-order chi connectivity index (χ0) is 21.3. The van der Waals surface area contributed by atoms with E-state index in [9.17, 15) is 13.6 Å². The molecule has 10 heteroatoms. The zero-order valence-corrected chi connectivity index (χ0v) is 16.4. The summed E-state index contributed by atoms with van der Waals surface area (Å²) in [6.07, 6.45) is 2.17. The fourth-order valence-corrected chi connectivity index (χ4v) is 3.67. The lowest BCUT2D eigenvalue weighted by atomic mass is 10.0. The molecule has 2 amide bonds. The lowest BCUT2D eigenvalue weighted by Gasteiger charge is -2.27. The van der Waals surface area contributed by atoms with E-state index >= 15 is 0 Å². The van der Waals surface area contributed by atoms with E-state index in [2.05, 4.69) is 10.1 Å². The van der Waals surface area contributed by atoms with Crippen LogP contribution in [0.5, 0.6) is 5.88 Å². The van der Waals surface area contributed by atoms with Crippen molar-refractivity contribution in [2.45, 2.75) is 25.0 Å². The van der Waals surface area contributed by atoms with Crippen molar-refractivity contribution in [2.24, 2.45) is 5.10 Å². The number of hydrogen-bond donors (Lipinski definition) is 0. The molecule has 0 radical (unpaired) electrons. The summed E-state index contributed by atoms with van der Waals surface area (Å²) in [5.41, 5.74) is 0.413. The molecule has 1 fully saturated rings. The second kappa shape index (κ2) is 8.24. The summed E-state index contributed by atoms with van der Waals surface area (Å²) in [7, 11) is 0. The van der Waals surface area contributed by atoms with E-state index in [0.717, 1.165) is 6.07 Å². The summed E-state index contributed by atoms with van der Waals surface area (Å²) >= 11 is 5.87. The highest BCUT2D eigenvalue weighted by atomic mass is 35.5. The Balaban J connectivity index is 1.43. The summed E-state index contributed by atoms with van der Waals surface area (Å²) in [5.74, 6) is -1.15. The van der Waals surface area contributed by atoms with Crippen LogP contribution in [0.25, 0.3) is 0 Å². The average Bonchev–Trinajstić information content (AvgIpc) is 3.38. The normalized spacial score (nSPS) is 20.5. The lowest BCUT2D eigenvalue weighted by molar-refractivity contribution is 0.141. The van der Waals surface area contributed by atoms with Gasteiger partial charge in [0.25, 0.3) is 0 Å². The molecule has 1 aromatic heterocycles. The second-order valence-corrected chi connectivity index (χ2v) is 7.35. The number of nitrogens with zero attached hydrogens (tertiary/aromatic N) is 5. The van der Waals surface area contributed by atoms with Crippen LogP contribution >= 0.6 is 11.6 Å². The van der Waals surface area contributed by atoms with E-state index in [1.807, 2.05) is 6.07 Å². The maximum absolute atomic E-state index is 13.6. The molecule has 0 N–H and O–H groups in total. The van der Waals surface area contributed by atoms with E-state index < -0.39 is 17.7 Å². The molecule has 1 aromatic carbocycles. The average molecular weight is 432 g/mol. The number of hydrazone groups is 1. The first-order chi connectivity index (χ1) is 14.4. The molecule has 2 aromatic rings. The third-order valence-corrected chi connectivity index (χ3v) is 5.23. The summed E-state index contributed by atoms with van der Waals surface area (Å²) in [4.78, 5) is 18.6. The van der Waals surface area contributed by atoms with Crippen molar-refractivity contribution in [2.75, 3.05) is 13.1 Å². The van der Waals surface area contributed by atoms with Crippen molar-refractivity contribution < 1.29 is 18.3 Å². The maximum Gasteiger partial charge on any atom is 0.341 e. The second-order valence-electron chi connectivity index (χ2n) is 6.95. The first kappa shape index (κ1) is 20.0. The van der Waals surface area contributed by atoms with Crippen LogP contribution in [-0.4, -0.2) is 46.3 Å². The predicted octanol–water partition coefficient (Wildman–Crippen LogP) is 3.89. The number of aromatic nitrogens is 1. The van der Waals surface area contributed by atoms with Crippen LogP contribution in [0.2, 0.25) is 5.02 Å². The first-order valence-corrected chi connectivity index (χ1v) is 9.62. The van der Waals surface area contributed by atoms with Gasteiger partial charge in [0.2, 0.25) is 5.88 Å². The van der Waals surface area contributed by atoms with Crippen molar-refractivity contribution in [3.63, 3.8) is 0 Å². The predicted molar refractivity (Wildman–Crippen MR) is 104 cm³/mol. The number of benzene rings is 1. The Labute approximate surface area is 176 Å². The number of amides is 2. The highest BCUT2D eigenvalue weighted by molar-refractivity contribution is 6.31. The molecule has 2 aliphatic heterocycles. The molecule has 1 saturated heterocycles. The van der Waals surface area contributed by atoms with Crippen LogP contribution < -0.4 is 4.74 Å². The van der Waals surface area contributed by atoms with E-state index in [-0.39, 0.29) is 28.7 Å². The highest BCUT2D eigenvalue weighted by Gasteiger charge is 2.36. The number of urea groups is 1. The summed E-state index contributed by atoms with van der Waals surface area (Å²) in [6, 6.07) is 7.24. The molecular formula is C20H16ClF2N5O2. The number of hydrogen-bond acceptors (Lipinski definition) is 5. The van der Waals surface area contributed by atoms with Gasteiger partial charge >= 0.3 is 6.03 Å². The van der Waals surface area contributed by atoms with Gasteiger partial charge in [0.05, 0.1) is 17.6 Å². The van der Waals surface area contributed by atoms with Crippen LogP contribution in [0.1, 0.15) is 30.1 Å². The number of halogens is 3. The van der Waals surface area contributed by atoms with Crippen LogP contribution in [0, 0.1) is 23.0 Å². The molecule has 0 spiro atoms. The van der Waals surface area contributed by atoms with Gasteiger partial charge < -0.3 is 9.64 Å².